The molecule has 0 N–H and O–H groups in total. The molecule has 1 aliphatic carbocycles. The Hall–Kier alpha value is -3.64. The first kappa shape index (κ1) is 20.0. The van der Waals surface area contributed by atoms with E-state index in [4.69, 9.17) is 4.74 Å². The van der Waals surface area contributed by atoms with E-state index in [1.54, 1.807) is 21.8 Å². The summed E-state index contributed by atoms with van der Waals surface area (Å²) < 4.78 is 32.9. The second kappa shape index (κ2) is 7.46. The fourth-order valence-corrected chi connectivity index (χ4v) is 6.11. The van der Waals surface area contributed by atoms with Gasteiger partial charge >= 0.3 is 0 Å². The molecule has 1 saturated heterocycles. The van der Waals surface area contributed by atoms with E-state index < -0.39 is 9.84 Å². The van der Waals surface area contributed by atoms with Gasteiger partial charge in [-0.2, -0.15) is 15.5 Å². The predicted octanol–water partition coefficient (Wildman–Crippen LogP) is 3.52. The van der Waals surface area contributed by atoms with E-state index in [1.165, 1.54) is 5.56 Å². The highest BCUT2D eigenvalue weighted by atomic mass is 32.2. The highest BCUT2D eigenvalue weighted by molar-refractivity contribution is 7.92. The Morgan fingerprint density at radius 3 is 2.79 bits per heavy atom. The number of nitrogens with zero attached hydrogens (tertiary/aromatic N) is 5. The third-order valence-corrected chi connectivity index (χ3v) is 8.24. The lowest BCUT2D eigenvalue weighted by molar-refractivity contribution is 0.183. The average Bonchev–Trinajstić information content (AvgIpc) is 3.44. The third-order valence-electron chi connectivity index (χ3n) is 6.45. The van der Waals surface area contributed by atoms with Crippen LogP contribution in [0.3, 0.4) is 0 Å². The molecule has 2 aromatic heterocycles. The fourth-order valence-electron chi connectivity index (χ4n) is 4.73. The number of sulfone groups is 1. The molecule has 3 heterocycles. The van der Waals surface area contributed by atoms with Gasteiger partial charge in [0, 0.05) is 11.5 Å². The van der Waals surface area contributed by atoms with Gasteiger partial charge in [-0.1, -0.05) is 6.07 Å². The van der Waals surface area contributed by atoms with E-state index in [0.29, 0.717) is 5.56 Å². The van der Waals surface area contributed by atoms with Gasteiger partial charge in [-0.3, -0.25) is 4.68 Å². The molecular formula is C24H21N5O3S. The minimum atomic E-state index is -2.92. The summed E-state index contributed by atoms with van der Waals surface area (Å²) >= 11 is 0. The van der Waals surface area contributed by atoms with Gasteiger partial charge in [0.2, 0.25) is 0 Å². The standard InChI is InChI=1S/C24H21N5O3S/c25-10-16-4-7-22-17(8-16)2-1-3-24(22)32-21-6-5-18-11-27-29(23(18)9-21)19-12-26-28(13-19)20-14-33(30,31)15-20/h4-9,11-13,20,24H,1-3,14-15H2/t24-/m1/s1. The summed E-state index contributed by atoms with van der Waals surface area (Å²) in [5.41, 5.74) is 4.68. The number of aryl methyl sites for hydroxylation is 1. The molecule has 6 rings (SSSR count). The van der Waals surface area contributed by atoms with Crippen molar-refractivity contribution >= 4 is 20.7 Å². The molecule has 1 atom stereocenters. The zero-order valence-corrected chi connectivity index (χ0v) is 18.6. The lowest BCUT2D eigenvalue weighted by Gasteiger charge is -2.26. The first-order chi connectivity index (χ1) is 16.0. The Morgan fingerprint density at radius 2 is 1.97 bits per heavy atom. The maximum atomic E-state index is 11.5. The van der Waals surface area contributed by atoms with E-state index in [2.05, 4.69) is 16.3 Å². The minimum absolute atomic E-state index is 0.0568. The molecule has 8 nitrogen and oxygen atoms in total. The Balaban J connectivity index is 1.29. The normalized spacial score (nSPS) is 19.5. The zero-order chi connectivity index (χ0) is 22.6. The van der Waals surface area contributed by atoms with E-state index in [9.17, 15) is 13.7 Å². The minimum Gasteiger partial charge on any atom is -0.486 e. The van der Waals surface area contributed by atoms with Crippen LogP contribution in [0.4, 0.5) is 0 Å². The van der Waals surface area contributed by atoms with Gasteiger partial charge in [0.1, 0.15) is 17.5 Å². The summed E-state index contributed by atoms with van der Waals surface area (Å²) in [4.78, 5) is 0. The summed E-state index contributed by atoms with van der Waals surface area (Å²) in [6.45, 7) is 0. The molecular weight excluding hydrogens is 438 g/mol. The summed E-state index contributed by atoms with van der Waals surface area (Å²) in [6.07, 6.45) is 8.18. The summed E-state index contributed by atoms with van der Waals surface area (Å²) in [5.74, 6) is 1.01. The molecule has 0 saturated carbocycles. The number of aromatic nitrogens is 4. The van der Waals surface area contributed by atoms with Gasteiger partial charge < -0.3 is 4.74 Å². The van der Waals surface area contributed by atoms with Crippen LogP contribution in [0, 0.1) is 11.3 Å². The molecule has 1 fully saturated rings. The van der Waals surface area contributed by atoms with E-state index in [-0.39, 0.29) is 23.7 Å². The molecule has 33 heavy (non-hydrogen) atoms. The van der Waals surface area contributed by atoms with Crippen molar-refractivity contribution in [2.75, 3.05) is 11.5 Å². The molecule has 2 aliphatic rings. The predicted molar refractivity (Wildman–Crippen MR) is 122 cm³/mol. The lowest BCUT2D eigenvalue weighted by atomic mass is 9.88. The van der Waals surface area contributed by atoms with E-state index in [0.717, 1.165) is 47.2 Å². The van der Waals surface area contributed by atoms with E-state index in [1.807, 2.05) is 42.6 Å². The number of hydrogen-bond donors (Lipinski definition) is 0. The zero-order valence-electron chi connectivity index (χ0n) is 17.8. The number of nitriles is 1. The Bertz CT molecular complexity index is 1520. The number of rotatable bonds is 4. The molecule has 0 radical (unpaired) electrons. The number of fused-ring (bicyclic) bond motifs is 2. The average molecular weight is 460 g/mol. The van der Waals surface area contributed by atoms with Gasteiger partial charge in [0.25, 0.3) is 0 Å². The van der Waals surface area contributed by atoms with Crippen molar-refractivity contribution in [3.63, 3.8) is 0 Å². The molecule has 2 aromatic carbocycles. The van der Waals surface area contributed by atoms with Crippen LogP contribution in [0.1, 0.15) is 41.7 Å². The fraction of sp³-hybridized carbons (Fsp3) is 0.292. The lowest BCUT2D eigenvalue weighted by Crippen LogP contribution is -2.38. The summed E-state index contributed by atoms with van der Waals surface area (Å²) in [7, 11) is -2.92. The van der Waals surface area contributed by atoms with Crippen LogP contribution in [-0.4, -0.2) is 39.5 Å². The Labute approximate surface area is 190 Å². The second-order valence-corrected chi connectivity index (χ2v) is 10.9. The van der Waals surface area contributed by atoms with Crippen LogP contribution >= 0.6 is 0 Å². The quantitative estimate of drug-likeness (QED) is 0.463. The Kier molecular flexibility index (Phi) is 4.52. The van der Waals surface area contributed by atoms with Gasteiger partial charge in [0.15, 0.2) is 9.84 Å². The molecule has 0 amide bonds. The maximum Gasteiger partial charge on any atom is 0.154 e. The summed E-state index contributed by atoms with van der Waals surface area (Å²) in [6, 6.07) is 13.8. The van der Waals surface area contributed by atoms with E-state index >= 15 is 0 Å². The molecule has 4 aromatic rings. The van der Waals surface area contributed by atoms with Crippen LogP contribution < -0.4 is 4.74 Å². The van der Waals surface area contributed by atoms with Crippen molar-refractivity contribution in [3.8, 4) is 17.5 Å². The van der Waals surface area contributed by atoms with Crippen molar-refractivity contribution in [1.82, 2.24) is 19.6 Å². The van der Waals surface area contributed by atoms with Crippen molar-refractivity contribution in [1.29, 1.82) is 5.26 Å². The third kappa shape index (κ3) is 3.56. The maximum absolute atomic E-state index is 11.5. The van der Waals surface area contributed by atoms with Crippen molar-refractivity contribution < 1.29 is 13.2 Å². The first-order valence-electron chi connectivity index (χ1n) is 10.9. The highest BCUT2D eigenvalue weighted by Gasteiger charge is 2.35. The number of ether oxygens (including phenoxy) is 1. The molecule has 9 heteroatoms. The largest absolute Gasteiger partial charge is 0.486 e. The van der Waals surface area contributed by atoms with Crippen LogP contribution in [0.5, 0.6) is 5.75 Å². The van der Waals surface area contributed by atoms with Crippen molar-refractivity contribution in [3.05, 3.63) is 71.7 Å². The van der Waals surface area contributed by atoms with Crippen LogP contribution in [0.15, 0.2) is 55.0 Å². The van der Waals surface area contributed by atoms with Gasteiger partial charge in [0.05, 0.1) is 53.3 Å². The molecule has 0 unspecified atom stereocenters. The molecule has 1 aliphatic heterocycles. The van der Waals surface area contributed by atoms with Gasteiger partial charge in [-0.15, -0.1) is 0 Å². The SMILES string of the molecule is N#Cc1ccc2c(c1)CCC[C@H]2Oc1ccc2cnn(-c3cnn(C4CS(=O)(=O)C4)c3)c2c1. The monoisotopic (exact) mass is 459 g/mol. The molecule has 0 bridgehead atoms. The Morgan fingerprint density at radius 1 is 1.09 bits per heavy atom. The van der Waals surface area contributed by atoms with Crippen LogP contribution in [-0.2, 0) is 16.3 Å². The van der Waals surface area contributed by atoms with Crippen LogP contribution in [0.25, 0.3) is 16.6 Å². The van der Waals surface area contributed by atoms with Crippen molar-refractivity contribution in [2.45, 2.75) is 31.4 Å². The summed E-state index contributed by atoms with van der Waals surface area (Å²) in [5, 5.41) is 19.0. The number of hydrogen-bond acceptors (Lipinski definition) is 6. The molecule has 166 valence electrons. The van der Waals surface area contributed by atoms with Crippen LogP contribution in [0.2, 0.25) is 0 Å². The highest BCUT2D eigenvalue weighted by Crippen LogP contribution is 2.35. The van der Waals surface area contributed by atoms with Crippen molar-refractivity contribution in [2.24, 2.45) is 0 Å². The number of benzene rings is 2. The van der Waals surface area contributed by atoms with Gasteiger partial charge in [-0.05, 0) is 54.7 Å². The first-order valence-corrected chi connectivity index (χ1v) is 12.7. The van der Waals surface area contributed by atoms with Gasteiger partial charge in [-0.25, -0.2) is 13.1 Å². The second-order valence-electron chi connectivity index (χ2n) is 8.71. The topological polar surface area (TPSA) is 103 Å². The smallest absolute Gasteiger partial charge is 0.154 e. The molecule has 0 spiro atoms.